The van der Waals surface area contributed by atoms with Crippen molar-refractivity contribution in [3.05, 3.63) is 52.8 Å². The molecule has 0 bridgehead atoms. The Balaban J connectivity index is 0.00000241. The molecule has 0 spiro atoms. The van der Waals surface area contributed by atoms with Gasteiger partial charge in [0.1, 0.15) is 5.69 Å². The maximum atomic E-state index is 12.6. The Kier molecular flexibility index (Phi) is 12.7. The third-order valence-electron chi connectivity index (χ3n) is 5.68. The maximum absolute atomic E-state index is 12.6. The second-order valence-corrected chi connectivity index (χ2v) is 9.69. The minimum atomic E-state index is -0.150. The van der Waals surface area contributed by atoms with E-state index in [-0.39, 0.29) is 48.9 Å². The molecule has 12 heteroatoms. The highest BCUT2D eigenvalue weighted by atomic mass is 35.5. The number of thiazole rings is 1. The van der Waals surface area contributed by atoms with E-state index in [0.29, 0.717) is 10.8 Å². The van der Waals surface area contributed by atoms with Crippen LogP contribution in [0.15, 0.2) is 47.3 Å². The number of carbonyl (C=O) groups is 1. The molecule has 2 aromatic heterocycles. The van der Waals surface area contributed by atoms with Gasteiger partial charge >= 0.3 is 0 Å². The van der Waals surface area contributed by atoms with Gasteiger partial charge in [0.05, 0.1) is 36.4 Å². The first-order valence-corrected chi connectivity index (χ1v) is 12.8. The van der Waals surface area contributed by atoms with Crippen LogP contribution in [0.5, 0.6) is 0 Å². The number of ether oxygens (including phenoxy) is 1. The summed E-state index contributed by atoms with van der Waals surface area (Å²) < 4.78 is 6.83. The number of aromatic nitrogens is 3. The topological polar surface area (TPSA) is 101 Å². The molecule has 3 aromatic rings. The van der Waals surface area contributed by atoms with Gasteiger partial charge < -0.3 is 15.4 Å². The van der Waals surface area contributed by atoms with Gasteiger partial charge in [-0.2, -0.15) is 5.10 Å². The summed E-state index contributed by atoms with van der Waals surface area (Å²) in [5.74, 6) is -0.142. The molecule has 0 atom stereocenters. The summed E-state index contributed by atoms with van der Waals surface area (Å²) in [6.07, 6.45) is 0.976. The van der Waals surface area contributed by atoms with Crippen LogP contribution in [-0.4, -0.2) is 71.5 Å². The first kappa shape index (κ1) is 30.9. The molecule has 37 heavy (non-hydrogen) atoms. The van der Waals surface area contributed by atoms with Crippen LogP contribution < -0.4 is 16.2 Å². The van der Waals surface area contributed by atoms with Gasteiger partial charge in [-0.05, 0) is 39.4 Å². The van der Waals surface area contributed by atoms with E-state index < -0.39 is 0 Å². The Hall–Kier alpha value is -2.34. The molecule has 1 aliphatic heterocycles. The third-order valence-corrected chi connectivity index (χ3v) is 6.68. The molecule has 9 nitrogen and oxygen atoms in total. The number of rotatable bonds is 10. The molecule has 4 rings (SSSR count). The van der Waals surface area contributed by atoms with E-state index in [9.17, 15) is 9.59 Å². The standard InChI is InChI=1S/C25H32N6O3S.2ClH/c1-18(2)31-22(33)10-9-20(29-31)24-23(19-7-4-3-5-8-19)28-25(35-24)27-21(32)17-26-11-6-12-30-13-15-34-16-14-30;;/h3-5,7-10,18,26H,6,11-17H2,1-2H3,(H,27,28,32);2*1H. The molecule has 0 unspecified atom stereocenters. The van der Waals surface area contributed by atoms with Gasteiger partial charge in [0.2, 0.25) is 5.91 Å². The average Bonchev–Trinajstić information content (AvgIpc) is 3.28. The van der Waals surface area contributed by atoms with Crippen LogP contribution in [-0.2, 0) is 9.53 Å². The highest BCUT2D eigenvalue weighted by Crippen LogP contribution is 2.37. The molecule has 1 saturated heterocycles. The number of nitrogens with zero attached hydrogens (tertiary/aromatic N) is 4. The molecule has 1 aliphatic rings. The zero-order valence-electron chi connectivity index (χ0n) is 21.0. The minimum absolute atomic E-state index is 0. The fraction of sp³-hybridized carbons (Fsp3) is 0.440. The zero-order valence-corrected chi connectivity index (χ0v) is 23.5. The number of hydrogen-bond acceptors (Lipinski definition) is 8. The second-order valence-electron chi connectivity index (χ2n) is 8.69. The zero-order chi connectivity index (χ0) is 24.6. The van der Waals surface area contributed by atoms with E-state index in [0.717, 1.165) is 61.9 Å². The number of halogens is 2. The molecule has 202 valence electrons. The fourth-order valence-corrected chi connectivity index (χ4v) is 4.84. The largest absolute Gasteiger partial charge is 0.379 e. The molecule has 0 radical (unpaired) electrons. The highest BCUT2D eigenvalue weighted by Gasteiger charge is 2.19. The Labute approximate surface area is 233 Å². The van der Waals surface area contributed by atoms with Gasteiger partial charge in [0, 0.05) is 24.7 Å². The van der Waals surface area contributed by atoms with Crippen molar-refractivity contribution in [1.29, 1.82) is 0 Å². The van der Waals surface area contributed by atoms with E-state index in [4.69, 9.17) is 9.72 Å². The van der Waals surface area contributed by atoms with Crippen LogP contribution in [0.4, 0.5) is 5.13 Å². The van der Waals surface area contributed by atoms with Crippen LogP contribution >= 0.6 is 36.2 Å². The number of hydrogen-bond donors (Lipinski definition) is 2. The summed E-state index contributed by atoms with van der Waals surface area (Å²) >= 11 is 1.36. The second kappa shape index (κ2) is 15.2. The van der Waals surface area contributed by atoms with Gasteiger partial charge in [-0.1, -0.05) is 41.7 Å². The minimum Gasteiger partial charge on any atom is -0.379 e. The summed E-state index contributed by atoms with van der Waals surface area (Å²) in [5.41, 5.74) is 2.15. The predicted molar refractivity (Wildman–Crippen MR) is 153 cm³/mol. The van der Waals surface area contributed by atoms with Gasteiger partial charge in [-0.15, -0.1) is 24.8 Å². The van der Waals surface area contributed by atoms with Gasteiger partial charge in [-0.3, -0.25) is 14.5 Å². The number of amides is 1. The Bertz CT molecular complexity index is 1180. The van der Waals surface area contributed by atoms with Crippen molar-refractivity contribution in [2.24, 2.45) is 0 Å². The van der Waals surface area contributed by atoms with Crippen LogP contribution in [0.25, 0.3) is 21.8 Å². The average molecular weight is 570 g/mol. The number of benzene rings is 1. The van der Waals surface area contributed by atoms with Gasteiger partial charge in [0.25, 0.3) is 5.56 Å². The van der Waals surface area contributed by atoms with Crippen molar-refractivity contribution in [3.8, 4) is 21.8 Å². The summed E-state index contributed by atoms with van der Waals surface area (Å²) in [5, 5.41) is 11.2. The van der Waals surface area contributed by atoms with E-state index >= 15 is 0 Å². The molecule has 1 amide bonds. The van der Waals surface area contributed by atoms with E-state index in [1.54, 1.807) is 6.07 Å². The maximum Gasteiger partial charge on any atom is 0.267 e. The Morgan fingerprint density at radius 1 is 1.11 bits per heavy atom. The van der Waals surface area contributed by atoms with Crippen molar-refractivity contribution in [3.63, 3.8) is 0 Å². The molecule has 0 saturated carbocycles. The Morgan fingerprint density at radius 3 is 2.54 bits per heavy atom. The highest BCUT2D eigenvalue weighted by molar-refractivity contribution is 7.19. The Morgan fingerprint density at radius 2 is 1.84 bits per heavy atom. The normalized spacial score (nSPS) is 13.6. The van der Waals surface area contributed by atoms with Crippen molar-refractivity contribution in [2.45, 2.75) is 26.3 Å². The van der Waals surface area contributed by atoms with E-state index in [1.807, 2.05) is 44.2 Å². The lowest BCUT2D eigenvalue weighted by Crippen LogP contribution is -2.38. The van der Waals surface area contributed by atoms with Crippen molar-refractivity contribution < 1.29 is 9.53 Å². The quantitative estimate of drug-likeness (QED) is 0.359. The SMILES string of the molecule is CC(C)n1nc(-c2sc(NC(=O)CNCCCN3CCOCC3)nc2-c2ccccc2)ccc1=O.Cl.Cl. The lowest BCUT2D eigenvalue weighted by atomic mass is 10.1. The number of morpholine rings is 1. The monoisotopic (exact) mass is 568 g/mol. The third kappa shape index (κ3) is 8.59. The molecule has 1 aromatic carbocycles. The number of nitrogens with one attached hydrogen (secondary N) is 2. The fourth-order valence-electron chi connectivity index (χ4n) is 3.87. The van der Waals surface area contributed by atoms with Gasteiger partial charge in [0.15, 0.2) is 5.13 Å². The van der Waals surface area contributed by atoms with Crippen molar-refractivity contribution in [1.82, 2.24) is 25.0 Å². The van der Waals surface area contributed by atoms with Crippen LogP contribution in [0.2, 0.25) is 0 Å². The van der Waals surface area contributed by atoms with Crippen LogP contribution in [0.1, 0.15) is 26.3 Å². The summed E-state index contributed by atoms with van der Waals surface area (Å²) in [6.45, 7) is 9.36. The number of carbonyl (C=O) groups excluding carboxylic acids is 1. The van der Waals surface area contributed by atoms with Crippen molar-refractivity contribution in [2.75, 3.05) is 51.3 Å². The molecule has 3 heterocycles. The van der Waals surface area contributed by atoms with Crippen LogP contribution in [0, 0.1) is 0 Å². The first-order valence-electron chi connectivity index (χ1n) is 12.0. The summed E-state index contributed by atoms with van der Waals surface area (Å²) in [4.78, 5) is 32.7. The molecular weight excluding hydrogens is 535 g/mol. The lowest BCUT2D eigenvalue weighted by molar-refractivity contribution is -0.115. The summed E-state index contributed by atoms with van der Waals surface area (Å²) in [6, 6.07) is 12.9. The molecule has 1 fully saturated rings. The molecular formula is C25H34Cl2N6O3S. The van der Waals surface area contributed by atoms with E-state index in [2.05, 4.69) is 20.6 Å². The van der Waals surface area contributed by atoms with Gasteiger partial charge in [-0.25, -0.2) is 9.67 Å². The smallest absolute Gasteiger partial charge is 0.267 e. The van der Waals surface area contributed by atoms with Crippen molar-refractivity contribution >= 4 is 47.2 Å². The number of anilines is 1. The lowest BCUT2D eigenvalue weighted by Gasteiger charge is -2.26. The van der Waals surface area contributed by atoms with Crippen LogP contribution in [0.3, 0.4) is 0 Å². The predicted octanol–water partition coefficient (Wildman–Crippen LogP) is 3.71. The molecule has 2 N–H and O–H groups in total. The first-order chi connectivity index (χ1) is 17.0. The molecule has 0 aliphatic carbocycles. The summed E-state index contributed by atoms with van der Waals surface area (Å²) in [7, 11) is 0. The van der Waals surface area contributed by atoms with E-state index in [1.165, 1.54) is 22.1 Å².